The van der Waals surface area contributed by atoms with E-state index in [-0.39, 0.29) is 5.75 Å². The van der Waals surface area contributed by atoms with Gasteiger partial charge in [-0.15, -0.1) is 0 Å². The molecular formula is C15H14BrNO3. The molecule has 0 unspecified atom stereocenters. The molecule has 0 radical (unpaired) electrons. The topological polar surface area (TPSA) is 51.0 Å². The lowest BCUT2D eigenvalue weighted by atomic mass is 10.2. The van der Waals surface area contributed by atoms with Crippen molar-refractivity contribution in [3.05, 3.63) is 46.4 Å². The molecule has 0 atom stereocenters. The summed E-state index contributed by atoms with van der Waals surface area (Å²) in [6, 6.07) is 10.7. The van der Waals surface area contributed by atoms with Crippen molar-refractivity contribution in [2.24, 2.45) is 4.99 Å². The first-order valence-corrected chi connectivity index (χ1v) is 6.68. The minimum Gasteiger partial charge on any atom is -0.504 e. The summed E-state index contributed by atoms with van der Waals surface area (Å²) in [5, 5.41) is 9.65. The van der Waals surface area contributed by atoms with Crippen LogP contribution in [0.15, 0.2) is 45.9 Å². The standard InChI is InChI=1S/C15H14BrNO3/c1-19-12-5-3-11(4-6-12)17-9-10-7-15(20-2)14(18)8-13(10)16/h3-9,18H,1-2H3. The highest BCUT2D eigenvalue weighted by atomic mass is 79.9. The Kier molecular flexibility index (Phi) is 4.63. The number of hydrogen-bond acceptors (Lipinski definition) is 4. The van der Waals surface area contributed by atoms with Crippen LogP contribution in [-0.2, 0) is 0 Å². The number of phenolic OH excluding ortho intramolecular Hbond substituents is 1. The van der Waals surface area contributed by atoms with Crippen molar-refractivity contribution in [1.29, 1.82) is 0 Å². The fraction of sp³-hybridized carbons (Fsp3) is 0.133. The molecule has 0 aliphatic heterocycles. The van der Waals surface area contributed by atoms with Crippen LogP contribution in [0, 0.1) is 0 Å². The van der Waals surface area contributed by atoms with Crippen molar-refractivity contribution < 1.29 is 14.6 Å². The van der Waals surface area contributed by atoms with Gasteiger partial charge in [0.2, 0.25) is 0 Å². The van der Waals surface area contributed by atoms with Gasteiger partial charge in [-0.2, -0.15) is 0 Å². The molecule has 0 heterocycles. The van der Waals surface area contributed by atoms with Gasteiger partial charge >= 0.3 is 0 Å². The van der Waals surface area contributed by atoms with E-state index in [4.69, 9.17) is 9.47 Å². The Labute approximate surface area is 125 Å². The lowest BCUT2D eigenvalue weighted by molar-refractivity contribution is 0.373. The van der Waals surface area contributed by atoms with Gasteiger partial charge in [0.05, 0.1) is 19.9 Å². The third kappa shape index (κ3) is 3.30. The Bertz CT molecular complexity index is 624. The molecule has 0 aliphatic rings. The summed E-state index contributed by atoms with van der Waals surface area (Å²) in [5.41, 5.74) is 1.63. The highest BCUT2D eigenvalue weighted by Crippen LogP contribution is 2.31. The summed E-state index contributed by atoms with van der Waals surface area (Å²) >= 11 is 3.38. The van der Waals surface area contributed by atoms with Gasteiger partial charge in [0.1, 0.15) is 5.75 Å². The Balaban J connectivity index is 2.26. The first kappa shape index (κ1) is 14.4. The van der Waals surface area contributed by atoms with Gasteiger partial charge in [-0.1, -0.05) is 0 Å². The SMILES string of the molecule is COc1ccc(N=Cc2cc(OC)c(O)cc2Br)cc1. The first-order chi connectivity index (χ1) is 9.63. The van der Waals surface area contributed by atoms with Crippen LogP contribution < -0.4 is 9.47 Å². The summed E-state index contributed by atoms with van der Waals surface area (Å²) in [6.07, 6.45) is 1.70. The van der Waals surface area contributed by atoms with E-state index in [1.807, 2.05) is 24.3 Å². The van der Waals surface area contributed by atoms with Crippen LogP contribution >= 0.6 is 15.9 Å². The molecule has 1 N–H and O–H groups in total. The zero-order valence-corrected chi connectivity index (χ0v) is 12.7. The largest absolute Gasteiger partial charge is 0.504 e. The van der Waals surface area contributed by atoms with Crippen LogP contribution in [0.25, 0.3) is 0 Å². The van der Waals surface area contributed by atoms with E-state index in [1.165, 1.54) is 7.11 Å². The van der Waals surface area contributed by atoms with E-state index in [0.717, 1.165) is 21.5 Å². The summed E-state index contributed by atoms with van der Waals surface area (Å²) in [4.78, 5) is 4.37. The zero-order chi connectivity index (χ0) is 14.5. The van der Waals surface area contributed by atoms with E-state index >= 15 is 0 Å². The van der Waals surface area contributed by atoms with Crippen molar-refractivity contribution in [2.45, 2.75) is 0 Å². The minimum atomic E-state index is 0.0842. The molecule has 4 nitrogen and oxygen atoms in total. The van der Waals surface area contributed by atoms with Gasteiger partial charge in [0, 0.05) is 16.3 Å². The van der Waals surface area contributed by atoms with Gasteiger partial charge in [-0.25, -0.2) is 0 Å². The Morgan fingerprint density at radius 3 is 2.40 bits per heavy atom. The molecule has 0 aromatic heterocycles. The monoisotopic (exact) mass is 335 g/mol. The second-order valence-corrected chi connectivity index (χ2v) is 4.86. The lowest BCUT2D eigenvalue weighted by Gasteiger charge is -2.06. The molecule has 0 saturated carbocycles. The molecule has 0 amide bonds. The average Bonchev–Trinajstić information content (AvgIpc) is 2.47. The van der Waals surface area contributed by atoms with Crippen LogP contribution in [0.1, 0.15) is 5.56 Å². The van der Waals surface area contributed by atoms with Gasteiger partial charge < -0.3 is 14.6 Å². The maximum Gasteiger partial charge on any atom is 0.161 e. The molecule has 0 spiro atoms. The first-order valence-electron chi connectivity index (χ1n) is 5.88. The van der Waals surface area contributed by atoms with E-state index in [1.54, 1.807) is 25.5 Å². The van der Waals surface area contributed by atoms with Crippen LogP contribution in [0.4, 0.5) is 5.69 Å². The predicted molar refractivity (Wildman–Crippen MR) is 82.6 cm³/mol. The van der Waals surface area contributed by atoms with Gasteiger partial charge in [-0.05, 0) is 52.3 Å². The molecule has 2 aromatic rings. The summed E-state index contributed by atoms with van der Waals surface area (Å²) in [7, 11) is 3.13. The van der Waals surface area contributed by atoms with Gasteiger partial charge in [-0.3, -0.25) is 4.99 Å². The molecule has 2 rings (SSSR count). The Morgan fingerprint density at radius 2 is 1.80 bits per heavy atom. The van der Waals surface area contributed by atoms with Crippen molar-refractivity contribution in [2.75, 3.05) is 14.2 Å². The number of ether oxygens (including phenoxy) is 2. The number of phenols is 1. The van der Waals surface area contributed by atoms with Crippen molar-refractivity contribution in [3.8, 4) is 17.2 Å². The molecule has 0 aliphatic carbocycles. The zero-order valence-electron chi connectivity index (χ0n) is 11.1. The Hall–Kier alpha value is -2.01. The van der Waals surface area contributed by atoms with E-state index < -0.39 is 0 Å². The molecule has 0 bridgehead atoms. The molecule has 5 heteroatoms. The molecule has 20 heavy (non-hydrogen) atoms. The van der Waals surface area contributed by atoms with Gasteiger partial charge in [0.25, 0.3) is 0 Å². The molecule has 104 valence electrons. The maximum absolute atomic E-state index is 9.65. The normalized spacial score (nSPS) is 10.8. The summed E-state index contributed by atoms with van der Waals surface area (Å²) in [5.74, 6) is 1.28. The molecule has 0 fully saturated rings. The number of nitrogens with zero attached hydrogens (tertiary/aromatic N) is 1. The highest BCUT2D eigenvalue weighted by molar-refractivity contribution is 9.10. The predicted octanol–water partition coefficient (Wildman–Crippen LogP) is 3.92. The fourth-order valence-electron chi connectivity index (χ4n) is 1.63. The number of aliphatic imine (C=N–C) groups is 1. The number of rotatable bonds is 4. The summed E-state index contributed by atoms with van der Waals surface area (Å²) in [6.45, 7) is 0. The molecule has 2 aromatic carbocycles. The third-order valence-electron chi connectivity index (χ3n) is 2.72. The van der Waals surface area contributed by atoms with Crippen LogP contribution in [-0.4, -0.2) is 25.5 Å². The number of methoxy groups -OCH3 is 2. The van der Waals surface area contributed by atoms with Gasteiger partial charge in [0.15, 0.2) is 11.5 Å². The number of hydrogen-bond donors (Lipinski definition) is 1. The highest BCUT2D eigenvalue weighted by Gasteiger charge is 2.06. The number of benzene rings is 2. The lowest BCUT2D eigenvalue weighted by Crippen LogP contribution is -1.89. The van der Waals surface area contributed by atoms with Crippen LogP contribution in [0.2, 0.25) is 0 Å². The van der Waals surface area contributed by atoms with Crippen LogP contribution in [0.3, 0.4) is 0 Å². The van der Waals surface area contributed by atoms with Crippen LogP contribution in [0.5, 0.6) is 17.2 Å². The molecular weight excluding hydrogens is 322 g/mol. The van der Waals surface area contributed by atoms with Crippen molar-refractivity contribution in [1.82, 2.24) is 0 Å². The second-order valence-electron chi connectivity index (χ2n) is 4.00. The third-order valence-corrected chi connectivity index (χ3v) is 3.41. The van der Waals surface area contributed by atoms with E-state index in [0.29, 0.717) is 5.75 Å². The number of aromatic hydroxyl groups is 1. The maximum atomic E-state index is 9.65. The van der Waals surface area contributed by atoms with E-state index in [9.17, 15) is 5.11 Å². The smallest absolute Gasteiger partial charge is 0.161 e. The average molecular weight is 336 g/mol. The summed E-state index contributed by atoms with van der Waals surface area (Å²) < 4.78 is 10.9. The minimum absolute atomic E-state index is 0.0842. The molecule has 0 saturated heterocycles. The second kappa shape index (κ2) is 6.43. The quantitative estimate of drug-likeness (QED) is 0.861. The Morgan fingerprint density at radius 1 is 1.10 bits per heavy atom. The van der Waals surface area contributed by atoms with E-state index in [2.05, 4.69) is 20.9 Å². The number of halogens is 1. The van der Waals surface area contributed by atoms with Crippen molar-refractivity contribution in [3.63, 3.8) is 0 Å². The van der Waals surface area contributed by atoms with Crippen molar-refractivity contribution >= 4 is 27.8 Å². The fourth-order valence-corrected chi connectivity index (χ4v) is 2.07.